The van der Waals surface area contributed by atoms with Crippen LogP contribution in [0, 0.1) is 5.92 Å². The smallest absolute Gasteiger partial charge is 0.263 e. The minimum atomic E-state index is -0.206. The van der Waals surface area contributed by atoms with E-state index in [-0.39, 0.29) is 5.91 Å². The highest BCUT2D eigenvalue weighted by Gasteiger charge is 2.21. The van der Waals surface area contributed by atoms with Crippen molar-refractivity contribution in [1.29, 1.82) is 0 Å². The number of amides is 1. The van der Waals surface area contributed by atoms with Crippen molar-refractivity contribution in [2.24, 2.45) is 5.92 Å². The summed E-state index contributed by atoms with van der Waals surface area (Å²) in [5.74, 6) is 0.950. The molecular weight excluding hydrogens is 274 g/mol. The third-order valence-electron chi connectivity index (χ3n) is 2.72. The van der Waals surface area contributed by atoms with Gasteiger partial charge in [-0.1, -0.05) is 19.9 Å². The van der Waals surface area contributed by atoms with Gasteiger partial charge in [0.2, 0.25) is 0 Å². The molecule has 0 unspecified atom stereocenters. The molecule has 0 saturated heterocycles. The maximum Gasteiger partial charge on any atom is 0.263 e. The number of nitrogen functional groups attached to an aromatic ring is 1. The van der Waals surface area contributed by atoms with Crippen molar-refractivity contribution >= 4 is 27.9 Å². The first-order valence-corrected chi connectivity index (χ1v) is 7.42. The van der Waals surface area contributed by atoms with Gasteiger partial charge in [0.25, 0.3) is 5.91 Å². The first kappa shape index (κ1) is 16.4. The third kappa shape index (κ3) is 4.16. The lowest BCUT2D eigenvalue weighted by Gasteiger charge is -2.08. The summed E-state index contributed by atoms with van der Waals surface area (Å²) >= 11 is 1.31. The number of methoxy groups -OCH3 is 1. The number of carbonyl (C=O) groups is 1. The molecule has 112 valence electrons. The maximum absolute atomic E-state index is 12.0. The molecule has 0 saturated carbocycles. The van der Waals surface area contributed by atoms with Crippen LogP contribution in [0.5, 0.6) is 5.75 Å². The van der Waals surface area contributed by atoms with Gasteiger partial charge in [-0.05, 0) is 12.3 Å². The van der Waals surface area contributed by atoms with Crippen molar-refractivity contribution < 1.29 is 9.53 Å². The van der Waals surface area contributed by atoms with E-state index in [0.29, 0.717) is 28.8 Å². The van der Waals surface area contributed by atoms with Gasteiger partial charge < -0.3 is 21.1 Å². The molecule has 1 rings (SSSR count). The van der Waals surface area contributed by atoms with Crippen LogP contribution >= 0.6 is 11.3 Å². The fourth-order valence-electron chi connectivity index (χ4n) is 1.64. The van der Waals surface area contributed by atoms with Gasteiger partial charge >= 0.3 is 0 Å². The summed E-state index contributed by atoms with van der Waals surface area (Å²) in [6.45, 7) is 9.12. The molecule has 1 amide bonds. The Morgan fingerprint density at radius 3 is 2.80 bits per heavy atom. The predicted molar refractivity (Wildman–Crippen MR) is 85.8 cm³/mol. The van der Waals surface area contributed by atoms with Crippen molar-refractivity contribution in [2.45, 2.75) is 20.3 Å². The van der Waals surface area contributed by atoms with Crippen molar-refractivity contribution in [3.05, 3.63) is 17.5 Å². The molecule has 0 atom stereocenters. The minimum Gasteiger partial charge on any atom is -0.492 e. The highest BCUT2D eigenvalue weighted by atomic mass is 32.1. The average Bonchev–Trinajstić information content (AvgIpc) is 2.72. The lowest BCUT2D eigenvalue weighted by atomic mass is 10.1. The van der Waals surface area contributed by atoms with Gasteiger partial charge in [-0.3, -0.25) is 4.79 Å². The van der Waals surface area contributed by atoms with E-state index in [1.54, 1.807) is 13.2 Å². The topological polar surface area (TPSA) is 76.4 Å². The van der Waals surface area contributed by atoms with E-state index in [0.717, 1.165) is 18.0 Å². The molecule has 6 heteroatoms. The van der Waals surface area contributed by atoms with Gasteiger partial charge in [0.05, 0.1) is 7.11 Å². The molecule has 0 aromatic carbocycles. The number of nitrogens with two attached hydrogens (primary N) is 1. The van der Waals surface area contributed by atoms with Crippen molar-refractivity contribution in [1.82, 2.24) is 5.32 Å². The number of hydrogen-bond donors (Lipinski definition) is 3. The zero-order valence-electron chi connectivity index (χ0n) is 12.3. The zero-order valence-corrected chi connectivity index (χ0v) is 13.1. The molecule has 4 N–H and O–H groups in total. The Morgan fingerprint density at radius 1 is 1.55 bits per heavy atom. The summed E-state index contributed by atoms with van der Waals surface area (Å²) in [4.78, 5) is 12.4. The molecule has 1 heterocycles. The second-order valence-corrected chi connectivity index (χ2v) is 5.84. The van der Waals surface area contributed by atoms with Gasteiger partial charge in [-0.15, -0.1) is 17.9 Å². The Kier molecular flexibility index (Phi) is 6.38. The van der Waals surface area contributed by atoms with Crippen LogP contribution in [0.1, 0.15) is 29.9 Å². The molecule has 0 radical (unpaired) electrons. The Balaban J connectivity index is 2.84. The predicted octanol–water partition coefficient (Wildman–Crippen LogP) is 2.71. The van der Waals surface area contributed by atoms with Gasteiger partial charge in [0.1, 0.15) is 15.6 Å². The van der Waals surface area contributed by atoms with Crippen LogP contribution in [0.2, 0.25) is 0 Å². The van der Waals surface area contributed by atoms with E-state index in [4.69, 9.17) is 10.5 Å². The molecule has 1 aromatic heterocycles. The normalized spacial score (nSPS) is 10.4. The Hall–Kier alpha value is -1.69. The van der Waals surface area contributed by atoms with E-state index in [1.807, 2.05) is 0 Å². The first-order valence-electron chi connectivity index (χ1n) is 6.60. The van der Waals surface area contributed by atoms with Crippen LogP contribution < -0.4 is 21.1 Å². The number of nitrogens with one attached hydrogen (secondary N) is 2. The zero-order chi connectivity index (χ0) is 15.1. The van der Waals surface area contributed by atoms with E-state index in [2.05, 4.69) is 31.1 Å². The average molecular weight is 297 g/mol. The van der Waals surface area contributed by atoms with Crippen molar-refractivity contribution in [3.8, 4) is 5.75 Å². The van der Waals surface area contributed by atoms with Crippen LogP contribution in [-0.2, 0) is 0 Å². The number of hydrogen-bond acceptors (Lipinski definition) is 5. The lowest BCUT2D eigenvalue weighted by Crippen LogP contribution is -2.23. The first-order chi connectivity index (χ1) is 9.51. The fourth-order valence-corrected chi connectivity index (χ4v) is 2.67. The van der Waals surface area contributed by atoms with Gasteiger partial charge in [0, 0.05) is 13.1 Å². The molecule has 5 nitrogen and oxygen atoms in total. The van der Waals surface area contributed by atoms with E-state index >= 15 is 0 Å². The monoisotopic (exact) mass is 297 g/mol. The number of ether oxygens (including phenoxy) is 1. The molecule has 1 aromatic rings. The summed E-state index contributed by atoms with van der Waals surface area (Å²) in [6, 6.07) is 0. The van der Waals surface area contributed by atoms with Crippen molar-refractivity contribution in [3.63, 3.8) is 0 Å². The van der Waals surface area contributed by atoms with Crippen LogP contribution in [0.25, 0.3) is 0 Å². The highest BCUT2D eigenvalue weighted by molar-refractivity contribution is 7.19. The molecule has 0 bridgehead atoms. The van der Waals surface area contributed by atoms with Gasteiger partial charge in [-0.25, -0.2) is 0 Å². The Morgan fingerprint density at radius 2 is 2.25 bits per heavy atom. The summed E-state index contributed by atoms with van der Waals surface area (Å²) in [5, 5.41) is 6.80. The number of carbonyl (C=O) groups excluding carboxylic acids is 1. The maximum atomic E-state index is 12.0. The number of thiophene rings is 1. The van der Waals surface area contributed by atoms with E-state index in [9.17, 15) is 4.79 Å². The minimum absolute atomic E-state index is 0.206. The second kappa shape index (κ2) is 7.79. The van der Waals surface area contributed by atoms with Crippen LogP contribution in [0.4, 0.5) is 10.7 Å². The van der Waals surface area contributed by atoms with Crippen LogP contribution in [0.15, 0.2) is 12.7 Å². The molecule has 0 fully saturated rings. The largest absolute Gasteiger partial charge is 0.492 e. The van der Waals surface area contributed by atoms with E-state index < -0.39 is 0 Å². The fraction of sp³-hybridized carbons (Fsp3) is 0.500. The van der Waals surface area contributed by atoms with Gasteiger partial charge in [-0.2, -0.15) is 0 Å². The van der Waals surface area contributed by atoms with Crippen LogP contribution in [0.3, 0.4) is 0 Å². The quantitative estimate of drug-likeness (QED) is 0.645. The molecule has 20 heavy (non-hydrogen) atoms. The summed E-state index contributed by atoms with van der Waals surface area (Å²) in [6.07, 6.45) is 2.67. The van der Waals surface area contributed by atoms with E-state index in [1.165, 1.54) is 11.3 Å². The summed E-state index contributed by atoms with van der Waals surface area (Å²) in [5.41, 5.74) is 6.36. The SMILES string of the molecule is C=CCNC(=O)c1sc(NCCC(C)C)c(OC)c1N. The molecule has 0 aliphatic carbocycles. The summed E-state index contributed by atoms with van der Waals surface area (Å²) < 4.78 is 5.29. The van der Waals surface area contributed by atoms with Crippen molar-refractivity contribution in [2.75, 3.05) is 31.2 Å². The molecule has 0 spiro atoms. The standard InChI is InChI=1S/C14H23N3O2S/c1-5-7-16-13(18)12-10(15)11(19-4)14(20-12)17-8-6-9(2)3/h5,9,17H,1,6-8,15H2,2-4H3,(H,16,18). The summed E-state index contributed by atoms with van der Waals surface area (Å²) in [7, 11) is 1.55. The number of anilines is 2. The third-order valence-corrected chi connectivity index (χ3v) is 3.87. The van der Waals surface area contributed by atoms with Crippen LogP contribution in [-0.4, -0.2) is 26.1 Å². The Labute approximate surface area is 124 Å². The molecule has 0 aliphatic heterocycles. The number of rotatable bonds is 8. The van der Waals surface area contributed by atoms with Gasteiger partial charge in [0.15, 0.2) is 5.75 Å². The lowest BCUT2D eigenvalue weighted by molar-refractivity contribution is 0.0962. The molecular formula is C14H23N3O2S. The highest BCUT2D eigenvalue weighted by Crippen LogP contribution is 2.42. The second-order valence-electron chi connectivity index (χ2n) is 4.82. The molecule has 0 aliphatic rings. The Bertz CT molecular complexity index is 469.